The average Bonchev–Trinajstić information content (AvgIpc) is 2.45. The van der Waals surface area contributed by atoms with Crippen LogP contribution in [0.2, 0.25) is 0 Å². The van der Waals surface area contributed by atoms with Gasteiger partial charge in [-0.05, 0) is 39.2 Å². The first-order valence-electron chi connectivity index (χ1n) is 8.10. The summed E-state index contributed by atoms with van der Waals surface area (Å²) >= 11 is 0. The van der Waals surface area contributed by atoms with E-state index in [2.05, 4.69) is 5.32 Å². The summed E-state index contributed by atoms with van der Waals surface area (Å²) in [7, 11) is 0. The van der Waals surface area contributed by atoms with Crippen molar-refractivity contribution in [3.05, 3.63) is 35.9 Å². The van der Waals surface area contributed by atoms with Gasteiger partial charge in [0.2, 0.25) is 0 Å². The smallest absolute Gasteiger partial charge is 0.407 e. The largest absolute Gasteiger partial charge is 0.448 e. The number of carbonyl (C=O) groups excluding carboxylic acids is 1. The van der Waals surface area contributed by atoms with Gasteiger partial charge in [-0.1, -0.05) is 44.2 Å². The Balaban J connectivity index is 2.81. The zero-order chi connectivity index (χ0) is 17.6. The van der Waals surface area contributed by atoms with Crippen LogP contribution in [0.5, 0.6) is 0 Å². The van der Waals surface area contributed by atoms with Gasteiger partial charge in [-0.3, -0.25) is 0 Å². The van der Waals surface area contributed by atoms with E-state index in [1.54, 1.807) is 13.8 Å². The minimum absolute atomic E-state index is 0.00157. The van der Waals surface area contributed by atoms with E-state index < -0.39 is 11.6 Å². The van der Waals surface area contributed by atoms with Gasteiger partial charge in [-0.15, -0.1) is 10.3 Å². The third kappa shape index (κ3) is 5.84. The van der Waals surface area contributed by atoms with Crippen molar-refractivity contribution in [3.8, 4) is 0 Å². The van der Waals surface area contributed by atoms with Crippen LogP contribution in [0.25, 0.3) is 0 Å². The molecule has 1 amide bonds. The number of benzene rings is 1. The first-order chi connectivity index (χ1) is 10.6. The summed E-state index contributed by atoms with van der Waals surface area (Å²) < 4.78 is 5.21. The zero-order valence-corrected chi connectivity index (χ0v) is 15.0. The topological polar surface area (TPSA) is 61.5 Å². The maximum Gasteiger partial charge on any atom is 0.407 e. The van der Waals surface area contributed by atoms with Gasteiger partial charge in [0, 0.05) is 6.04 Å². The van der Waals surface area contributed by atoms with Crippen LogP contribution in [0.4, 0.5) is 4.79 Å². The first-order valence-corrected chi connectivity index (χ1v) is 8.10. The summed E-state index contributed by atoms with van der Waals surface area (Å²) in [6.45, 7) is 11.4. The van der Waals surface area contributed by atoms with Gasteiger partial charge in [0.1, 0.15) is 6.61 Å². The van der Waals surface area contributed by atoms with Crippen LogP contribution in [0.15, 0.2) is 30.3 Å². The third-order valence-electron chi connectivity index (χ3n) is 3.58. The van der Waals surface area contributed by atoms with Gasteiger partial charge in [-0.2, -0.15) is 0 Å². The van der Waals surface area contributed by atoms with Gasteiger partial charge >= 0.3 is 6.09 Å². The Morgan fingerprint density at radius 3 is 2.22 bits per heavy atom. The SMILES string of the molecule is CC(C)NC(=O)OCC(C)(C)N([O])C(c1ccccc1)C(C)C. The summed E-state index contributed by atoms with van der Waals surface area (Å²) in [5.74, 6) is 0.138. The molecular weight excluding hydrogens is 292 g/mol. The standard InChI is InChI=1S/C18H29N2O3/c1-13(2)16(15-10-8-7-9-11-15)20(22)18(5,6)12-23-17(21)19-14(3)4/h7-11,13-14,16H,12H2,1-6H3,(H,19,21). The Morgan fingerprint density at radius 1 is 1.17 bits per heavy atom. The number of nitrogens with zero attached hydrogens (tertiary/aromatic N) is 1. The molecule has 5 heteroatoms. The molecular formula is C18H29N2O3. The lowest BCUT2D eigenvalue weighted by Gasteiger charge is -2.38. The molecule has 0 heterocycles. The Hall–Kier alpha value is -1.59. The lowest BCUT2D eigenvalue weighted by Crippen LogP contribution is -2.49. The first kappa shape index (κ1) is 19.5. The van der Waals surface area contributed by atoms with Crippen LogP contribution in [0.1, 0.15) is 53.1 Å². The van der Waals surface area contributed by atoms with E-state index in [1.807, 2.05) is 58.0 Å². The number of hydroxylamine groups is 2. The van der Waals surface area contributed by atoms with E-state index >= 15 is 0 Å². The Bertz CT molecular complexity index is 486. The lowest BCUT2D eigenvalue weighted by molar-refractivity contribution is -0.261. The fraction of sp³-hybridized carbons (Fsp3) is 0.611. The molecule has 0 saturated carbocycles. The van der Waals surface area contributed by atoms with E-state index in [4.69, 9.17) is 4.74 Å². The second-order valence-electron chi connectivity index (χ2n) is 7.11. The van der Waals surface area contributed by atoms with Crippen molar-refractivity contribution in [2.45, 2.75) is 59.2 Å². The van der Waals surface area contributed by atoms with Gasteiger partial charge in [-0.25, -0.2) is 4.79 Å². The van der Waals surface area contributed by atoms with E-state index in [1.165, 1.54) is 0 Å². The predicted octanol–water partition coefficient (Wildman–Crippen LogP) is 3.94. The van der Waals surface area contributed by atoms with Gasteiger partial charge in [0.05, 0.1) is 11.6 Å². The van der Waals surface area contributed by atoms with E-state index in [0.29, 0.717) is 0 Å². The number of ether oxygens (including phenoxy) is 1. The number of nitrogens with one attached hydrogen (secondary N) is 1. The molecule has 23 heavy (non-hydrogen) atoms. The van der Waals surface area contributed by atoms with E-state index in [-0.39, 0.29) is 24.6 Å². The van der Waals surface area contributed by atoms with Crippen molar-refractivity contribution >= 4 is 6.09 Å². The second-order valence-corrected chi connectivity index (χ2v) is 7.11. The molecule has 1 unspecified atom stereocenters. The van der Waals surface area contributed by atoms with Crippen LogP contribution < -0.4 is 5.32 Å². The molecule has 1 rings (SSSR count). The van der Waals surface area contributed by atoms with Crippen molar-refractivity contribution in [2.75, 3.05) is 6.61 Å². The number of hydrogen-bond acceptors (Lipinski definition) is 3. The Labute approximate surface area is 139 Å². The second kappa shape index (κ2) is 8.31. The highest BCUT2D eigenvalue weighted by atomic mass is 16.6. The maximum absolute atomic E-state index is 12.9. The molecule has 1 radical (unpaired) electrons. The number of alkyl carbamates (subject to hydrolysis) is 1. The molecule has 129 valence electrons. The molecule has 0 bridgehead atoms. The number of carbonyl (C=O) groups is 1. The van der Waals surface area contributed by atoms with Crippen LogP contribution in [0, 0.1) is 5.92 Å². The van der Waals surface area contributed by atoms with Crippen molar-refractivity contribution < 1.29 is 14.7 Å². The zero-order valence-electron chi connectivity index (χ0n) is 15.0. The summed E-state index contributed by atoms with van der Waals surface area (Å²) in [5.41, 5.74) is 0.149. The molecule has 0 spiro atoms. The van der Waals surface area contributed by atoms with Crippen molar-refractivity contribution in [1.82, 2.24) is 10.4 Å². The van der Waals surface area contributed by atoms with E-state index in [0.717, 1.165) is 10.6 Å². The summed E-state index contributed by atoms with van der Waals surface area (Å²) in [6, 6.07) is 9.41. The molecule has 0 fully saturated rings. The molecule has 1 aromatic rings. The van der Waals surface area contributed by atoms with Gasteiger partial charge < -0.3 is 10.1 Å². The van der Waals surface area contributed by atoms with Crippen molar-refractivity contribution in [2.24, 2.45) is 5.92 Å². The monoisotopic (exact) mass is 321 g/mol. The van der Waals surface area contributed by atoms with Crippen molar-refractivity contribution in [3.63, 3.8) is 0 Å². The average molecular weight is 321 g/mol. The van der Waals surface area contributed by atoms with Gasteiger partial charge in [0.15, 0.2) is 0 Å². The predicted molar refractivity (Wildman–Crippen MR) is 90.2 cm³/mol. The van der Waals surface area contributed by atoms with E-state index in [9.17, 15) is 10.0 Å². The Kier molecular flexibility index (Phi) is 7.03. The van der Waals surface area contributed by atoms with Crippen molar-refractivity contribution in [1.29, 1.82) is 0 Å². The molecule has 0 aliphatic heterocycles. The number of amides is 1. The van der Waals surface area contributed by atoms with Crippen LogP contribution in [0.3, 0.4) is 0 Å². The highest BCUT2D eigenvalue weighted by molar-refractivity contribution is 5.67. The quantitative estimate of drug-likeness (QED) is 0.774. The highest BCUT2D eigenvalue weighted by Crippen LogP contribution is 2.32. The molecule has 1 atom stereocenters. The van der Waals surface area contributed by atoms with Crippen LogP contribution in [-0.4, -0.2) is 29.3 Å². The molecule has 0 aromatic heterocycles. The third-order valence-corrected chi connectivity index (χ3v) is 3.58. The Morgan fingerprint density at radius 2 is 1.74 bits per heavy atom. The maximum atomic E-state index is 12.9. The number of rotatable bonds is 7. The van der Waals surface area contributed by atoms with Crippen LogP contribution >= 0.6 is 0 Å². The summed E-state index contributed by atoms with van der Waals surface area (Å²) in [5, 5.41) is 16.7. The lowest BCUT2D eigenvalue weighted by atomic mass is 9.92. The fourth-order valence-electron chi connectivity index (χ4n) is 2.40. The van der Waals surface area contributed by atoms with Gasteiger partial charge in [0.25, 0.3) is 0 Å². The normalized spacial score (nSPS) is 13.5. The summed E-state index contributed by atoms with van der Waals surface area (Å²) in [6.07, 6.45) is -0.498. The molecule has 0 aliphatic carbocycles. The van der Waals surface area contributed by atoms with Crippen LogP contribution in [-0.2, 0) is 9.94 Å². The molecule has 0 saturated heterocycles. The minimum Gasteiger partial charge on any atom is -0.448 e. The fourth-order valence-corrected chi connectivity index (χ4v) is 2.40. The number of hydrogen-bond donors (Lipinski definition) is 1. The summed E-state index contributed by atoms with van der Waals surface area (Å²) in [4.78, 5) is 11.6. The highest BCUT2D eigenvalue weighted by Gasteiger charge is 2.36. The molecule has 0 aliphatic rings. The molecule has 1 aromatic carbocycles. The molecule has 1 N–H and O–H groups in total. The molecule has 5 nitrogen and oxygen atoms in total. The minimum atomic E-state index is -0.820.